The lowest BCUT2D eigenvalue weighted by molar-refractivity contribution is -0.946. The Kier molecular flexibility index (Phi) is 6.73. The van der Waals surface area contributed by atoms with Gasteiger partial charge in [-0.2, -0.15) is 0 Å². The molecular formula is C28H32NO4S+. The summed E-state index contributed by atoms with van der Waals surface area (Å²) in [7, 11) is 0. The zero-order valence-corrected chi connectivity index (χ0v) is 20.2. The van der Waals surface area contributed by atoms with Gasteiger partial charge in [-0.1, -0.05) is 54.6 Å². The van der Waals surface area contributed by atoms with Crippen LogP contribution in [0, 0.1) is 5.92 Å². The fourth-order valence-corrected chi connectivity index (χ4v) is 6.36. The van der Waals surface area contributed by atoms with Crippen LogP contribution in [0.2, 0.25) is 0 Å². The van der Waals surface area contributed by atoms with Crippen molar-refractivity contribution in [2.24, 2.45) is 5.92 Å². The molecule has 0 spiro atoms. The van der Waals surface area contributed by atoms with Gasteiger partial charge in [0.2, 0.25) is 5.60 Å². The van der Waals surface area contributed by atoms with Crippen LogP contribution in [0.5, 0.6) is 5.75 Å². The molecule has 3 fully saturated rings. The monoisotopic (exact) mass is 478 g/mol. The van der Waals surface area contributed by atoms with Gasteiger partial charge in [-0.3, -0.25) is 0 Å². The fraction of sp³-hybridized carbons (Fsp3) is 0.393. The maximum atomic E-state index is 13.5. The first kappa shape index (κ1) is 23.1. The number of benzene rings is 2. The number of fused-ring (bicyclic) bond motifs is 3. The summed E-state index contributed by atoms with van der Waals surface area (Å²) < 4.78 is 13.0. The summed E-state index contributed by atoms with van der Waals surface area (Å²) >= 11 is 1.37. The van der Waals surface area contributed by atoms with E-state index in [9.17, 15) is 9.90 Å². The number of ether oxygens (including phenoxy) is 2. The first-order chi connectivity index (χ1) is 16.6. The van der Waals surface area contributed by atoms with Crippen molar-refractivity contribution in [1.82, 2.24) is 0 Å². The molecule has 3 aliphatic heterocycles. The molecule has 4 heterocycles. The standard InChI is InChI=1S/C28H32NO4S/c30-27(28(31,26-13-7-20-34-26)23-9-3-1-4-10-23)33-25-21-29(17-14-22(25)15-18-29)16-8-19-32-24-11-5-2-6-12-24/h1-7,9-13,20,22,25,31H,8,14-19,21H2/q+1/t22?,25-,28+,29?/m0/s1. The molecule has 1 aromatic heterocycles. The Morgan fingerprint density at radius 1 is 1.00 bits per heavy atom. The Hall–Kier alpha value is -2.67. The molecule has 2 bridgehead atoms. The number of piperidine rings is 3. The van der Waals surface area contributed by atoms with E-state index in [1.165, 1.54) is 11.3 Å². The predicted molar refractivity (Wildman–Crippen MR) is 133 cm³/mol. The highest BCUT2D eigenvalue weighted by atomic mass is 32.1. The smallest absolute Gasteiger partial charge is 0.349 e. The van der Waals surface area contributed by atoms with E-state index in [0.29, 0.717) is 23.0 Å². The molecule has 178 valence electrons. The van der Waals surface area contributed by atoms with E-state index < -0.39 is 11.6 Å². The average molecular weight is 479 g/mol. The third-order valence-corrected chi connectivity index (χ3v) is 8.43. The first-order valence-corrected chi connectivity index (χ1v) is 13.0. The Morgan fingerprint density at radius 3 is 2.38 bits per heavy atom. The van der Waals surface area contributed by atoms with Crippen molar-refractivity contribution in [3.05, 3.63) is 88.6 Å². The number of carbonyl (C=O) groups excluding carboxylic acids is 1. The lowest BCUT2D eigenvalue weighted by atomic mass is 9.82. The third-order valence-electron chi connectivity index (χ3n) is 7.45. The lowest BCUT2D eigenvalue weighted by Crippen LogP contribution is -2.65. The zero-order chi connectivity index (χ0) is 23.4. The summed E-state index contributed by atoms with van der Waals surface area (Å²) in [6, 6.07) is 22.7. The number of para-hydroxylation sites is 1. The molecule has 0 amide bonds. The molecule has 0 saturated carbocycles. The molecule has 5 nitrogen and oxygen atoms in total. The lowest BCUT2D eigenvalue weighted by Gasteiger charge is -2.52. The normalized spacial score (nSPS) is 25.4. The van der Waals surface area contributed by atoms with Crippen molar-refractivity contribution in [1.29, 1.82) is 0 Å². The van der Waals surface area contributed by atoms with Gasteiger partial charge in [-0.15, -0.1) is 11.3 Å². The topological polar surface area (TPSA) is 55.8 Å². The highest BCUT2D eigenvalue weighted by molar-refractivity contribution is 7.10. The van der Waals surface area contributed by atoms with Crippen LogP contribution >= 0.6 is 11.3 Å². The zero-order valence-electron chi connectivity index (χ0n) is 19.3. The molecule has 2 aromatic carbocycles. The number of hydrogen-bond acceptors (Lipinski definition) is 5. The van der Waals surface area contributed by atoms with Gasteiger partial charge in [0.15, 0.2) is 6.10 Å². The number of nitrogens with zero attached hydrogens (tertiary/aromatic N) is 1. The number of thiophene rings is 1. The molecule has 6 rings (SSSR count). The van der Waals surface area contributed by atoms with Crippen LogP contribution in [0.15, 0.2) is 78.2 Å². The van der Waals surface area contributed by atoms with Gasteiger partial charge < -0.3 is 19.1 Å². The quantitative estimate of drug-likeness (QED) is 0.277. The Bertz CT molecular complexity index is 1060. The fourth-order valence-electron chi connectivity index (χ4n) is 5.52. The second-order valence-electron chi connectivity index (χ2n) is 9.55. The highest BCUT2D eigenvalue weighted by Crippen LogP contribution is 2.39. The van der Waals surface area contributed by atoms with Crippen molar-refractivity contribution in [3.8, 4) is 5.75 Å². The second kappa shape index (κ2) is 9.90. The third kappa shape index (κ3) is 4.63. The van der Waals surface area contributed by atoms with Crippen LogP contribution in [0.4, 0.5) is 0 Å². The van der Waals surface area contributed by atoms with Crippen molar-refractivity contribution >= 4 is 17.3 Å². The molecule has 0 aliphatic carbocycles. The maximum absolute atomic E-state index is 13.5. The van der Waals surface area contributed by atoms with Crippen molar-refractivity contribution in [2.75, 3.05) is 32.8 Å². The van der Waals surface area contributed by atoms with Crippen LogP contribution in [-0.4, -0.2) is 54.4 Å². The van der Waals surface area contributed by atoms with Crippen molar-refractivity contribution < 1.29 is 23.9 Å². The van der Waals surface area contributed by atoms with Gasteiger partial charge in [0.25, 0.3) is 0 Å². The number of quaternary nitrogens is 1. The molecular weight excluding hydrogens is 446 g/mol. The highest BCUT2D eigenvalue weighted by Gasteiger charge is 2.50. The first-order valence-electron chi connectivity index (χ1n) is 12.1. The van der Waals surface area contributed by atoms with E-state index in [1.807, 2.05) is 60.0 Å². The summed E-state index contributed by atoms with van der Waals surface area (Å²) in [5.41, 5.74) is -1.24. The Balaban J connectivity index is 1.25. The SMILES string of the molecule is O=C(O[C@H]1C[N+]2(CCCOc3ccccc3)CCC1CC2)[C@@](O)(c1ccccc1)c1cccs1. The van der Waals surface area contributed by atoms with E-state index in [0.717, 1.165) is 55.7 Å². The Morgan fingerprint density at radius 2 is 1.71 bits per heavy atom. The molecule has 34 heavy (non-hydrogen) atoms. The summed E-state index contributed by atoms with van der Waals surface area (Å²) in [6.07, 6.45) is 2.91. The summed E-state index contributed by atoms with van der Waals surface area (Å²) in [5, 5.41) is 13.5. The minimum atomic E-state index is -1.78. The van der Waals surface area contributed by atoms with Crippen LogP contribution in [0.25, 0.3) is 0 Å². The van der Waals surface area contributed by atoms with Gasteiger partial charge in [0.1, 0.15) is 12.3 Å². The van der Waals surface area contributed by atoms with E-state index in [1.54, 1.807) is 18.2 Å². The van der Waals surface area contributed by atoms with Crippen molar-refractivity contribution in [3.63, 3.8) is 0 Å². The molecule has 6 heteroatoms. The van der Waals surface area contributed by atoms with Gasteiger partial charge in [0, 0.05) is 30.7 Å². The van der Waals surface area contributed by atoms with Crippen LogP contribution in [0.3, 0.4) is 0 Å². The summed E-state index contributed by atoms with van der Waals surface area (Å²) in [6.45, 7) is 4.76. The van der Waals surface area contributed by atoms with Crippen molar-refractivity contribution in [2.45, 2.75) is 31.0 Å². The summed E-state index contributed by atoms with van der Waals surface area (Å²) in [5.74, 6) is 0.707. The number of esters is 1. The minimum Gasteiger partial charge on any atom is -0.493 e. The Labute approximate surface area is 205 Å². The van der Waals surface area contributed by atoms with Crippen LogP contribution in [0.1, 0.15) is 29.7 Å². The minimum absolute atomic E-state index is 0.166. The number of aliphatic hydroxyl groups is 1. The largest absolute Gasteiger partial charge is 0.493 e. The van der Waals surface area contributed by atoms with E-state index in [4.69, 9.17) is 9.47 Å². The molecule has 3 aliphatic rings. The van der Waals surface area contributed by atoms with Gasteiger partial charge in [-0.05, 0) is 23.6 Å². The number of hydrogen-bond donors (Lipinski definition) is 1. The van der Waals surface area contributed by atoms with Gasteiger partial charge in [0.05, 0.1) is 31.1 Å². The molecule has 1 N–H and O–H groups in total. The molecule has 3 saturated heterocycles. The number of rotatable bonds is 9. The molecule has 0 radical (unpaired) electrons. The molecule has 2 atom stereocenters. The number of carbonyl (C=O) groups is 1. The van der Waals surface area contributed by atoms with Crippen LogP contribution < -0.4 is 4.74 Å². The van der Waals surface area contributed by atoms with Gasteiger partial charge >= 0.3 is 5.97 Å². The van der Waals surface area contributed by atoms with E-state index in [2.05, 4.69) is 0 Å². The second-order valence-corrected chi connectivity index (χ2v) is 10.5. The molecule has 0 unspecified atom stereocenters. The summed E-state index contributed by atoms with van der Waals surface area (Å²) in [4.78, 5) is 14.1. The maximum Gasteiger partial charge on any atom is 0.349 e. The predicted octanol–water partition coefficient (Wildman–Crippen LogP) is 4.61. The van der Waals surface area contributed by atoms with E-state index in [-0.39, 0.29) is 6.10 Å². The molecule has 3 aromatic rings. The average Bonchev–Trinajstić information content (AvgIpc) is 3.44. The van der Waals surface area contributed by atoms with E-state index >= 15 is 0 Å². The van der Waals surface area contributed by atoms with Crippen LogP contribution in [-0.2, 0) is 15.1 Å². The van der Waals surface area contributed by atoms with Gasteiger partial charge in [-0.25, -0.2) is 4.79 Å².